The molecule has 0 heterocycles. The Morgan fingerprint density at radius 2 is 0.578 bits per heavy atom. The second kappa shape index (κ2) is 65.9. The number of carbonyl (C=O) groups excluding carboxylic acids is 1. The maximum absolute atomic E-state index is 13.1. The molecule has 0 saturated carbocycles. The Bertz CT molecular complexity index is 1310. The van der Waals surface area contributed by atoms with Crippen molar-refractivity contribution in [1.29, 1.82) is 0 Å². The molecule has 0 aromatic heterocycles. The molecule has 0 aliphatic heterocycles. The zero-order chi connectivity index (χ0) is 60.5. The number of nitrogens with one attached hydrogen (secondary N) is 1. The fraction of sp³-hybridized carbons (Fsp3) is 0.986. The summed E-state index contributed by atoms with van der Waals surface area (Å²) in [7, 11) is 1.64. The zero-order valence-electron chi connectivity index (χ0n) is 57.2. The van der Waals surface area contributed by atoms with Crippen LogP contribution in [0.4, 0.5) is 0 Å². The van der Waals surface area contributed by atoms with Crippen LogP contribution >= 0.6 is 7.82 Å². The third-order valence-electron chi connectivity index (χ3n) is 18.1. The number of quaternary nitrogens is 1. The molecule has 0 spiro atoms. The fourth-order valence-electron chi connectivity index (χ4n) is 12.2. The van der Waals surface area contributed by atoms with Crippen LogP contribution in [0.5, 0.6) is 0 Å². The number of aliphatic hydroxyl groups excluding tert-OH is 1. The lowest BCUT2D eigenvalue weighted by molar-refractivity contribution is -0.870. The second-order valence-corrected chi connectivity index (χ2v) is 29.2. The van der Waals surface area contributed by atoms with Gasteiger partial charge in [0.1, 0.15) is 13.2 Å². The van der Waals surface area contributed by atoms with Gasteiger partial charge >= 0.3 is 7.82 Å². The highest BCUT2D eigenvalue weighted by Gasteiger charge is 2.28. The van der Waals surface area contributed by atoms with Gasteiger partial charge in [-0.25, -0.2) is 4.57 Å². The van der Waals surface area contributed by atoms with Crippen LogP contribution in [0, 0.1) is 0 Å². The molecule has 3 N–H and O–H groups in total. The summed E-state index contributed by atoms with van der Waals surface area (Å²) >= 11 is 0. The largest absolute Gasteiger partial charge is 0.472 e. The number of unbranched alkanes of at least 4 members (excludes halogenated alkanes) is 59. The highest BCUT2D eigenvalue weighted by atomic mass is 31.2. The lowest BCUT2D eigenvalue weighted by atomic mass is 10.0. The average Bonchev–Trinajstić information content (AvgIpc) is 3.49. The number of phosphoric acid groups is 1. The molecule has 0 aromatic carbocycles. The van der Waals surface area contributed by atoms with Gasteiger partial charge in [-0.2, -0.15) is 0 Å². The van der Waals surface area contributed by atoms with E-state index in [9.17, 15) is 19.4 Å². The van der Waals surface area contributed by atoms with Crippen molar-refractivity contribution in [3.8, 4) is 0 Å². The highest BCUT2D eigenvalue weighted by molar-refractivity contribution is 7.47. The maximum Gasteiger partial charge on any atom is 0.472 e. The summed E-state index contributed by atoms with van der Waals surface area (Å²) in [6.45, 7) is 4.97. The van der Waals surface area contributed by atoms with Gasteiger partial charge in [-0.1, -0.05) is 399 Å². The van der Waals surface area contributed by atoms with Gasteiger partial charge in [0.15, 0.2) is 0 Å². The molecule has 0 fully saturated rings. The van der Waals surface area contributed by atoms with E-state index in [1.807, 2.05) is 21.1 Å². The van der Waals surface area contributed by atoms with E-state index in [2.05, 4.69) is 19.2 Å². The SMILES string of the molecule is CCCCCCCCCCCCCCCCCCCCCCCCCCCCCCCCCCCCCCCCCCCC(=O)NC(COP(=O)(O)OCC[N+](C)(C)C)C(O)CCCCCCCCCCCCCCCCCCCCCC. The molecule has 8 nitrogen and oxygen atoms in total. The Morgan fingerprint density at radius 3 is 0.807 bits per heavy atom. The summed E-state index contributed by atoms with van der Waals surface area (Å²) in [5, 5.41) is 14.1. The van der Waals surface area contributed by atoms with Gasteiger partial charge in [0.05, 0.1) is 39.9 Å². The van der Waals surface area contributed by atoms with Gasteiger partial charge in [0.25, 0.3) is 0 Å². The van der Waals surface area contributed by atoms with E-state index in [4.69, 9.17) is 9.05 Å². The molecule has 3 atom stereocenters. The van der Waals surface area contributed by atoms with E-state index < -0.39 is 20.0 Å². The number of aliphatic hydroxyl groups is 1. The first kappa shape index (κ1) is 82.5. The number of likely N-dealkylation sites (N-methyl/N-ethyl adjacent to an activating group) is 1. The predicted octanol–water partition coefficient (Wildman–Crippen LogP) is 24.3. The number of hydrogen-bond donors (Lipinski definition) is 3. The number of phosphoric ester groups is 1. The molecule has 9 heteroatoms. The summed E-state index contributed by atoms with van der Waals surface area (Å²) < 4.78 is 23.9. The Kier molecular flexibility index (Phi) is 65.5. The Labute approximate surface area is 520 Å². The van der Waals surface area contributed by atoms with Crippen LogP contribution < -0.4 is 5.32 Å². The predicted molar refractivity (Wildman–Crippen MR) is 365 cm³/mol. The van der Waals surface area contributed by atoms with Crippen molar-refractivity contribution in [2.75, 3.05) is 40.9 Å². The molecular weight excluding hydrogens is 1040 g/mol. The van der Waals surface area contributed by atoms with Gasteiger partial charge in [-0.15, -0.1) is 0 Å². The van der Waals surface area contributed by atoms with Gasteiger partial charge < -0.3 is 19.8 Å². The van der Waals surface area contributed by atoms with E-state index in [1.165, 1.54) is 353 Å². The first-order valence-corrected chi connectivity index (χ1v) is 39.4. The van der Waals surface area contributed by atoms with Crippen molar-refractivity contribution < 1.29 is 32.9 Å². The number of amides is 1. The lowest BCUT2D eigenvalue weighted by Gasteiger charge is -2.26. The minimum Gasteiger partial charge on any atom is -0.391 e. The van der Waals surface area contributed by atoms with Crippen molar-refractivity contribution in [2.24, 2.45) is 0 Å². The summed E-state index contributed by atoms with van der Waals surface area (Å²) in [6, 6.07) is -0.757. The monoisotopic (exact) mass is 1200 g/mol. The average molecular weight is 1200 g/mol. The fourth-order valence-corrected chi connectivity index (χ4v) is 13.0. The molecule has 1 amide bonds. The van der Waals surface area contributed by atoms with Crippen LogP contribution in [-0.4, -0.2) is 73.4 Å². The standard InChI is InChI=1S/C74H151N2O6P/c1-6-8-10-12-14-16-18-20-22-24-26-28-29-30-31-32-33-34-35-36-37-38-39-40-41-42-43-44-45-46-47-48-50-52-54-56-58-60-62-64-66-68-74(78)75-72(71-82-83(79,80)81-70-69-76(3,4)5)73(77)67-65-63-61-59-57-55-53-51-49-27-25-23-21-19-17-15-13-11-9-7-2/h72-73,77H,6-71H2,1-5H3,(H-,75,78,79,80)/p+1. The third-order valence-corrected chi connectivity index (χ3v) is 19.1. The molecule has 0 aliphatic rings. The van der Waals surface area contributed by atoms with E-state index in [0.717, 1.165) is 38.5 Å². The molecule has 0 aliphatic carbocycles. The lowest BCUT2D eigenvalue weighted by Crippen LogP contribution is -2.46. The molecule has 498 valence electrons. The van der Waals surface area contributed by atoms with Crippen LogP contribution in [0.2, 0.25) is 0 Å². The van der Waals surface area contributed by atoms with Crippen LogP contribution in [0.1, 0.15) is 418 Å². The Hall–Kier alpha value is -0.500. The van der Waals surface area contributed by atoms with Crippen molar-refractivity contribution in [3.63, 3.8) is 0 Å². The molecule has 3 unspecified atom stereocenters. The van der Waals surface area contributed by atoms with Crippen LogP contribution in [0.15, 0.2) is 0 Å². The summed E-state index contributed by atoms with van der Waals surface area (Å²) in [5.41, 5.74) is 0. The van der Waals surface area contributed by atoms with Crippen molar-refractivity contribution >= 4 is 13.7 Å². The zero-order valence-corrected chi connectivity index (χ0v) is 58.1. The summed E-state index contributed by atoms with van der Waals surface area (Å²) in [5.74, 6) is -0.133. The van der Waals surface area contributed by atoms with Crippen LogP contribution in [0.3, 0.4) is 0 Å². The molecule has 0 bridgehead atoms. The first-order valence-electron chi connectivity index (χ1n) is 37.9. The second-order valence-electron chi connectivity index (χ2n) is 27.8. The number of carbonyl (C=O) groups is 1. The molecule has 0 aromatic rings. The number of nitrogens with zero attached hydrogens (tertiary/aromatic N) is 1. The van der Waals surface area contributed by atoms with Gasteiger partial charge in [-0.3, -0.25) is 13.8 Å². The van der Waals surface area contributed by atoms with Crippen molar-refractivity contribution in [2.45, 2.75) is 431 Å². The van der Waals surface area contributed by atoms with Gasteiger partial charge in [0.2, 0.25) is 5.91 Å². The van der Waals surface area contributed by atoms with Crippen LogP contribution in [-0.2, 0) is 18.4 Å². The van der Waals surface area contributed by atoms with Gasteiger partial charge in [0, 0.05) is 6.42 Å². The molecule has 0 radical (unpaired) electrons. The topological polar surface area (TPSA) is 105 Å². The Morgan fingerprint density at radius 1 is 0.361 bits per heavy atom. The maximum atomic E-state index is 13.1. The van der Waals surface area contributed by atoms with E-state index >= 15 is 0 Å². The van der Waals surface area contributed by atoms with E-state index in [-0.39, 0.29) is 19.1 Å². The molecule has 0 saturated heterocycles. The third kappa shape index (κ3) is 68.8. The smallest absolute Gasteiger partial charge is 0.391 e. The van der Waals surface area contributed by atoms with Gasteiger partial charge in [-0.05, 0) is 12.8 Å². The Balaban J connectivity index is 3.82. The van der Waals surface area contributed by atoms with E-state index in [1.54, 1.807) is 0 Å². The van der Waals surface area contributed by atoms with E-state index in [0.29, 0.717) is 23.9 Å². The van der Waals surface area contributed by atoms with Crippen LogP contribution in [0.25, 0.3) is 0 Å². The van der Waals surface area contributed by atoms with Crippen molar-refractivity contribution in [1.82, 2.24) is 5.32 Å². The molecule has 0 rings (SSSR count). The normalized spacial score (nSPS) is 13.5. The molecular formula is C74H152N2O6P+. The number of hydrogen-bond acceptors (Lipinski definition) is 5. The van der Waals surface area contributed by atoms with Crippen molar-refractivity contribution in [3.05, 3.63) is 0 Å². The summed E-state index contributed by atoms with van der Waals surface area (Å²) in [4.78, 5) is 23.5. The summed E-state index contributed by atoms with van der Waals surface area (Å²) in [6.07, 6.45) is 83.9. The quantitative estimate of drug-likeness (QED) is 0.0318. The molecule has 83 heavy (non-hydrogen) atoms. The first-order chi connectivity index (χ1) is 40.5. The minimum atomic E-state index is -4.32. The number of rotatable bonds is 72. The highest BCUT2D eigenvalue weighted by Crippen LogP contribution is 2.43. The minimum absolute atomic E-state index is 0.0794.